The third-order valence-corrected chi connectivity index (χ3v) is 2.62. The number of nitrogens with zero attached hydrogens (tertiary/aromatic N) is 1. The van der Waals surface area contributed by atoms with E-state index < -0.39 is 0 Å². The Morgan fingerprint density at radius 3 is 2.73 bits per heavy atom. The lowest BCUT2D eigenvalue weighted by Gasteiger charge is -2.00. The molecule has 0 bridgehead atoms. The Labute approximate surface area is 86.5 Å². The standard InChI is InChI=1S/C12H10N2O/c1-7-6-10-11(15-12(13)14-10)9-5-3-2-4-8(7)9/h2-6H,1H3,(H2,13,14). The van der Waals surface area contributed by atoms with Crippen LogP contribution < -0.4 is 5.73 Å². The number of rotatable bonds is 0. The summed E-state index contributed by atoms with van der Waals surface area (Å²) in [5, 5.41) is 2.25. The number of hydrogen-bond donors (Lipinski definition) is 1. The Morgan fingerprint density at radius 2 is 1.93 bits per heavy atom. The average Bonchev–Trinajstić information content (AvgIpc) is 2.59. The van der Waals surface area contributed by atoms with Crippen LogP contribution in [-0.2, 0) is 0 Å². The molecule has 3 heteroatoms. The number of benzene rings is 2. The summed E-state index contributed by atoms with van der Waals surface area (Å²) in [7, 11) is 0. The molecule has 2 aromatic carbocycles. The third-order valence-electron chi connectivity index (χ3n) is 2.62. The predicted molar refractivity (Wildman–Crippen MR) is 60.7 cm³/mol. The van der Waals surface area contributed by atoms with Crippen molar-refractivity contribution in [2.24, 2.45) is 0 Å². The summed E-state index contributed by atoms with van der Waals surface area (Å²) in [6.07, 6.45) is 0. The summed E-state index contributed by atoms with van der Waals surface area (Å²) < 4.78 is 5.40. The molecule has 3 rings (SSSR count). The minimum Gasteiger partial charge on any atom is -0.423 e. The maximum atomic E-state index is 5.55. The summed E-state index contributed by atoms with van der Waals surface area (Å²) >= 11 is 0. The second-order valence-electron chi connectivity index (χ2n) is 3.64. The fraction of sp³-hybridized carbons (Fsp3) is 0.0833. The number of hydrogen-bond acceptors (Lipinski definition) is 3. The van der Waals surface area contributed by atoms with Gasteiger partial charge in [0.05, 0.1) is 0 Å². The van der Waals surface area contributed by atoms with Gasteiger partial charge in [0.25, 0.3) is 6.01 Å². The van der Waals surface area contributed by atoms with Crippen LogP contribution in [0.1, 0.15) is 5.56 Å². The monoisotopic (exact) mass is 198 g/mol. The van der Waals surface area contributed by atoms with Crippen LogP contribution in [0.25, 0.3) is 21.9 Å². The molecule has 74 valence electrons. The van der Waals surface area contributed by atoms with Crippen LogP contribution >= 0.6 is 0 Å². The first-order valence-corrected chi connectivity index (χ1v) is 4.80. The van der Waals surface area contributed by atoms with E-state index in [1.165, 1.54) is 10.9 Å². The summed E-state index contributed by atoms with van der Waals surface area (Å²) in [6, 6.07) is 10.3. The first kappa shape index (κ1) is 8.29. The van der Waals surface area contributed by atoms with Gasteiger partial charge in [-0.1, -0.05) is 24.3 Å². The van der Waals surface area contributed by atoms with Gasteiger partial charge in [0, 0.05) is 5.39 Å². The quantitative estimate of drug-likeness (QED) is 0.604. The second-order valence-corrected chi connectivity index (χ2v) is 3.64. The van der Waals surface area contributed by atoms with Crippen LogP contribution in [0.4, 0.5) is 6.01 Å². The van der Waals surface area contributed by atoms with Gasteiger partial charge in [0.2, 0.25) is 0 Å². The molecule has 0 aliphatic carbocycles. The first-order valence-electron chi connectivity index (χ1n) is 4.80. The van der Waals surface area contributed by atoms with Crippen LogP contribution in [0, 0.1) is 6.92 Å². The zero-order chi connectivity index (χ0) is 10.4. The number of anilines is 1. The number of oxazole rings is 1. The van der Waals surface area contributed by atoms with Crippen molar-refractivity contribution >= 4 is 27.9 Å². The molecule has 0 spiro atoms. The topological polar surface area (TPSA) is 52.0 Å². The van der Waals surface area contributed by atoms with Gasteiger partial charge in [-0.15, -0.1) is 0 Å². The smallest absolute Gasteiger partial charge is 0.293 e. The highest BCUT2D eigenvalue weighted by molar-refractivity contribution is 6.04. The van der Waals surface area contributed by atoms with Gasteiger partial charge in [-0.2, -0.15) is 4.98 Å². The van der Waals surface area contributed by atoms with E-state index in [9.17, 15) is 0 Å². The molecule has 0 atom stereocenters. The van der Waals surface area contributed by atoms with Crippen LogP contribution in [0.3, 0.4) is 0 Å². The Hall–Kier alpha value is -2.03. The molecule has 1 heterocycles. The molecular formula is C12H10N2O. The van der Waals surface area contributed by atoms with Gasteiger partial charge in [0.15, 0.2) is 5.58 Å². The van der Waals surface area contributed by atoms with Crippen molar-refractivity contribution < 1.29 is 4.42 Å². The Balaban J connectivity index is 2.62. The lowest BCUT2D eigenvalue weighted by Crippen LogP contribution is -1.81. The normalized spacial score (nSPS) is 11.3. The highest BCUT2D eigenvalue weighted by Crippen LogP contribution is 2.29. The molecule has 0 amide bonds. The average molecular weight is 198 g/mol. The fourth-order valence-corrected chi connectivity index (χ4v) is 1.95. The molecule has 3 nitrogen and oxygen atoms in total. The lowest BCUT2D eigenvalue weighted by atomic mass is 10.0. The summed E-state index contributed by atoms with van der Waals surface area (Å²) in [6.45, 7) is 2.06. The zero-order valence-electron chi connectivity index (χ0n) is 8.32. The molecule has 0 saturated heterocycles. The summed E-state index contributed by atoms with van der Waals surface area (Å²) in [5.74, 6) is 0. The van der Waals surface area contributed by atoms with Crippen LogP contribution in [0.5, 0.6) is 0 Å². The molecule has 0 fully saturated rings. The van der Waals surface area contributed by atoms with E-state index in [0.717, 1.165) is 16.5 Å². The number of aryl methyl sites for hydroxylation is 1. The van der Waals surface area contributed by atoms with Gasteiger partial charge in [-0.05, 0) is 23.9 Å². The van der Waals surface area contributed by atoms with Gasteiger partial charge in [-0.3, -0.25) is 0 Å². The maximum absolute atomic E-state index is 5.55. The van der Waals surface area contributed by atoms with Crippen LogP contribution in [0.15, 0.2) is 34.7 Å². The van der Waals surface area contributed by atoms with Crippen molar-refractivity contribution in [2.45, 2.75) is 6.92 Å². The van der Waals surface area contributed by atoms with Gasteiger partial charge < -0.3 is 10.2 Å². The minimum atomic E-state index is 0.223. The summed E-state index contributed by atoms with van der Waals surface area (Å²) in [4.78, 5) is 4.14. The van der Waals surface area contributed by atoms with Crippen molar-refractivity contribution in [3.05, 3.63) is 35.9 Å². The van der Waals surface area contributed by atoms with Crippen molar-refractivity contribution in [3.8, 4) is 0 Å². The second kappa shape index (κ2) is 2.73. The van der Waals surface area contributed by atoms with E-state index in [2.05, 4.69) is 18.0 Å². The number of fused-ring (bicyclic) bond motifs is 3. The third kappa shape index (κ3) is 1.09. The van der Waals surface area contributed by atoms with Gasteiger partial charge in [-0.25, -0.2) is 0 Å². The molecule has 3 aromatic rings. The number of nitrogens with two attached hydrogens (primary N) is 1. The van der Waals surface area contributed by atoms with Crippen molar-refractivity contribution in [2.75, 3.05) is 5.73 Å². The molecule has 0 unspecified atom stereocenters. The molecule has 0 saturated carbocycles. The largest absolute Gasteiger partial charge is 0.423 e. The maximum Gasteiger partial charge on any atom is 0.293 e. The summed E-state index contributed by atoms with van der Waals surface area (Å²) in [5.41, 5.74) is 8.34. The van der Waals surface area contributed by atoms with E-state index in [1.54, 1.807) is 0 Å². The molecule has 15 heavy (non-hydrogen) atoms. The Kier molecular flexibility index (Phi) is 1.51. The fourth-order valence-electron chi connectivity index (χ4n) is 1.95. The predicted octanol–water partition coefficient (Wildman–Crippen LogP) is 2.87. The van der Waals surface area contributed by atoms with E-state index >= 15 is 0 Å². The highest BCUT2D eigenvalue weighted by Gasteiger charge is 2.08. The van der Waals surface area contributed by atoms with Crippen molar-refractivity contribution in [1.29, 1.82) is 0 Å². The molecule has 0 radical (unpaired) electrons. The molecule has 2 N–H and O–H groups in total. The zero-order valence-corrected chi connectivity index (χ0v) is 8.32. The Morgan fingerprint density at radius 1 is 1.20 bits per heavy atom. The van der Waals surface area contributed by atoms with E-state index in [1.807, 2.05) is 24.3 Å². The molecular weight excluding hydrogens is 188 g/mol. The van der Waals surface area contributed by atoms with Crippen molar-refractivity contribution in [1.82, 2.24) is 4.98 Å². The first-order chi connectivity index (χ1) is 7.25. The van der Waals surface area contributed by atoms with E-state index in [4.69, 9.17) is 10.2 Å². The van der Waals surface area contributed by atoms with E-state index in [0.29, 0.717) is 0 Å². The van der Waals surface area contributed by atoms with Crippen LogP contribution in [-0.4, -0.2) is 4.98 Å². The van der Waals surface area contributed by atoms with Crippen molar-refractivity contribution in [3.63, 3.8) is 0 Å². The minimum absolute atomic E-state index is 0.223. The molecule has 0 aliphatic heterocycles. The highest BCUT2D eigenvalue weighted by atomic mass is 16.4. The lowest BCUT2D eigenvalue weighted by molar-refractivity contribution is 0.629. The Bertz CT molecular complexity index is 655. The SMILES string of the molecule is Cc1cc2nc(N)oc2c2ccccc12. The van der Waals surface area contributed by atoms with E-state index in [-0.39, 0.29) is 6.01 Å². The number of nitrogen functional groups attached to an aromatic ring is 1. The molecule has 0 aliphatic rings. The molecule has 1 aromatic heterocycles. The van der Waals surface area contributed by atoms with Gasteiger partial charge >= 0.3 is 0 Å². The number of aromatic nitrogens is 1. The van der Waals surface area contributed by atoms with Crippen LogP contribution in [0.2, 0.25) is 0 Å². The van der Waals surface area contributed by atoms with Gasteiger partial charge in [0.1, 0.15) is 5.52 Å².